The first-order valence-electron chi connectivity index (χ1n) is 9.81. The summed E-state index contributed by atoms with van der Waals surface area (Å²) in [5.41, 5.74) is 8.36. The van der Waals surface area contributed by atoms with Crippen molar-refractivity contribution in [1.82, 2.24) is 4.90 Å². The van der Waals surface area contributed by atoms with Crippen LogP contribution in [0.5, 0.6) is 0 Å². The molecule has 144 valence electrons. The van der Waals surface area contributed by atoms with Crippen LogP contribution in [0.1, 0.15) is 40.4 Å². The number of carbonyl (C=O) groups excluding carboxylic acids is 1. The molecule has 0 saturated carbocycles. The van der Waals surface area contributed by atoms with Gasteiger partial charge in [-0.1, -0.05) is 42.5 Å². The second-order valence-electron chi connectivity index (χ2n) is 8.04. The average molecular weight is 386 g/mol. The third-order valence-electron chi connectivity index (χ3n) is 6.44. The van der Waals surface area contributed by atoms with Gasteiger partial charge in [0.25, 0.3) is 5.91 Å². The van der Waals surface area contributed by atoms with Crippen molar-refractivity contribution in [3.8, 4) is 0 Å². The summed E-state index contributed by atoms with van der Waals surface area (Å²) in [6, 6.07) is 16.9. The summed E-state index contributed by atoms with van der Waals surface area (Å²) >= 11 is 0. The number of piperidine rings is 1. The van der Waals surface area contributed by atoms with Gasteiger partial charge in [-0.3, -0.25) is 4.79 Å². The van der Waals surface area contributed by atoms with Gasteiger partial charge in [-0.25, -0.2) is 9.38 Å². The molecular formula is C23H19FN4O. The average Bonchev–Trinajstić information content (AvgIpc) is 2.99. The molecule has 3 N–H and O–H groups in total. The number of fused-ring (bicyclic) bond motifs is 6. The molecule has 0 bridgehead atoms. The van der Waals surface area contributed by atoms with Gasteiger partial charge in [-0.15, -0.1) is 0 Å². The fourth-order valence-corrected chi connectivity index (χ4v) is 5.13. The minimum atomic E-state index is -0.639. The van der Waals surface area contributed by atoms with Gasteiger partial charge in [-0.05, 0) is 28.5 Å². The molecule has 3 heterocycles. The number of amides is 1. The predicted molar refractivity (Wildman–Crippen MR) is 110 cm³/mol. The Labute approximate surface area is 167 Å². The highest BCUT2D eigenvalue weighted by atomic mass is 19.1. The predicted octanol–water partition coefficient (Wildman–Crippen LogP) is 3.80. The zero-order chi connectivity index (χ0) is 19.8. The molecule has 29 heavy (non-hydrogen) atoms. The van der Waals surface area contributed by atoms with Crippen LogP contribution in [0.4, 0.5) is 10.1 Å². The first kappa shape index (κ1) is 16.5. The highest BCUT2D eigenvalue weighted by molar-refractivity contribution is 6.11. The van der Waals surface area contributed by atoms with Crippen molar-refractivity contribution in [2.45, 2.75) is 24.5 Å². The van der Waals surface area contributed by atoms with Crippen LogP contribution in [0.2, 0.25) is 0 Å². The maximum Gasteiger partial charge on any atom is 0.255 e. The fourth-order valence-electron chi connectivity index (χ4n) is 5.13. The molecule has 3 aromatic rings. The van der Waals surface area contributed by atoms with Crippen LogP contribution in [-0.2, 0) is 0 Å². The van der Waals surface area contributed by atoms with Crippen LogP contribution in [0.25, 0.3) is 10.8 Å². The van der Waals surface area contributed by atoms with E-state index in [1.807, 2.05) is 35.2 Å². The van der Waals surface area contributed by atoms with Crippen LogP contribution in [0.3, 0.4) is 0 Å². The third kappa shape index (κ3) is 2.20. The van der Waals surface area contributed by atoms with Crippen LogP contribution in [0.15, 0.2) is 59.6 Å². The summed E-state index contributed by atoms with van der Waals surface area (Å²) in [4.78, 5) is 19.9. The summed E-state index contributed by atoms with van der Waals surface area (Å²) < 4.78 is 14.2. The molecule has 5 nitrogen and oxygen atoms in total. The molecule has 3 aliphatic heterocycles. The standard InChI is InChI=1S/C23H19FN4O/c24-16-6-3-7-17-20(16)21(25)27-23(26-17)10-11-28-18(12-23)15-9-8-13-4-1-2-5-14(13)19(15)22(28)29/h1-9,18,26H,10-12H2,(H2,25,27)/t18?,23-/m1/s1. The lowest BCUT2D eigenvalue weighted by atomic mass is 9.86. The number of rotatable bonds is 0. The fraction of sp³-hybridized carbons (Fsp3) is 0.217. The number of anilines is 1. The number of amidine groups is 1. The smallest absolute Gasteiger partial charge is 0.255 e. The second-order valence-corrected chi connectivity index (χ2v) is 8.04. The Bertz CT molecular complexity index is 1240. The summed E-state index contributed by atoms with van der Waals surface area (Å²) in [6.45, 7) is 0.570. The topological polar surface area (TPSA) is 70.7 Å². The SMILES string of the molecule is NC1=N[C@@]2(CCN3C(=O)c4c(ccc5ccccc45)C3C2)Nc2cccc(F)c21. The highest BCUT2D eigenvalue weighted by Gasteiger charge is 2.49. The quantitative estimate of drug-likeness (QED) is 0.617. The van der Waals surface area contributed by atoms with Gasteiger partial charge < -0.3 is 16.0 Å². The molecule has 1 amide bonds. The number of benzene rings is 3. The Morgan fingerprint density at radius 2 is 1.97 bits per heavy atom. The first-order chi connectivity index (χ1) is 14.1. The van der Waals surface area contributed by atoms with Crippen molar-refractivity contribution in [2.24, 2.45) is 10.7 Å². The number of nitrogens with zero attached hydrogens (tertiary/aromatic N) is 2. The van der Waals surface area contributed by atoms with Crippen molar-refractivity contribution < 1.29 is 9.18 Å². The monoisotopic (exact) mass is 386 g/mol. The maximum absolute atomic E-state index is 14.2. The number of aliphatic imine (C=N–C) groups is 1. The minimum Gasteiger partial charge on any atom is -0.383 e. The summed E-state index contributed by atoms with van der Waals surface area (Å²) in [5, 5.41) is 5.49. The van der Waals surface area contributed by atoms with Gasteiger partial charge in [0.15, 0.2) is 0 Å². The molecule has 6 rings (SSSR count). The molecule has 0 aromatic heterocycles. The number of hydrogen-bond acceptors (Lipinski definition) is 4. The van der Waals surface area contributed by atoms with Crippen molar-refractivity contribution in [3.63, 3.8) is 0 Å². The number of hydrogen-bond donors (Lipinski definition) is 2. The molecule has 6 heteroatoms. The van der Waals surface area contributed by atoms with Gasteiger partial charge >= 0.3 is 0 Å². The van der Waals surface area contributed by atoms with Gasteiger partial charge in [0.2, 0.25) is 0 Å². The Hall–Kier alpha value is -3.41. The minimum absolute atomic E-state index is 0.0741. The normalized spacial score (nSPS) is 24.7. The van der Waals surface area contributed by atoms with E-state index in [2.05, 4.69) is 17.4 Å². The van der Waals surface area contributed by atoms with Crippen LogP contribution in [-0.4, -0.2) is 28.9 Å². The van der Waals surface area contributed by atoms with E-state index in [0.717, 1.165) is 21.9 Å². The van der Waals surface area contributed by atoms with E-state index in [4.69, 9.17) is 10.7 Å². The Balaban J connectivity index is 1.45. The van der Waals surface area contributed by atoms with E-state index in [1.54, 1.807) is 6.07 Å². The molecular weight excluding hydrogens is 367 g/mol. The zero-order valence-corrected chi connectivity index (χ0v) is 15.7. The number of nitrogens with one attached hydrogen (secondary N) is 1. The second kappa shape index (κ2) is 5.56. The summed E-state index contributed by atoms with van der Waals surface area (Å²) in [7, 11) is 0. The molecule has 2 atom stereocenters. The molecule has 1 fully saturated rings. The van der Waals surface area contributed by atoms with Crippen molar-refractivity contribution in [2.75, 3.05) is 11.9 Å². The molecule has 1 spiro atoms. The molecule has 1 saturated heterocycles. The van der Waals surface area contributed by atoms with Crippen LogP contribution >= 0.6 is 0 Å². The largest absolute Gasteiger partial charge is 0.383 e. The van der Waals surface area contributed by atoms with E-state index in [0.29, 0.717) is 30.6 Å². The molecule has 3 aliphatic rings. The van der Waals surface area contributed by atoms with Gasteiger partial charge in [-0.2, -0.15) is 0 Å². The van der Waals surface area contributed by atoms with Crippen LogP contribution in [0, 0.1) is 5.82 Å². The number of nitrogens with two attached hydrogens (primary N) is 1. The molecule has 1 unspecified atom stereocenters. The third-order valence-corrected chi connectivity index (χ3v) is 6.44. The highest BCUT2D eigenvalue weighted by Crippen LogP contribution is 2.48. The molecule has 0 radical (unpaired) electrons. The van der Waals surface area contributed by atoms with E-state index >= 15 is 0 Å². The Morgan fingerprint density at radius 1 is 1.10 bits per heavy atom. The lowest BCUT2D eigenvalue weighted by molar-refractivity contribution is 0.0607. The molecule has 0 aliphatic carbocycles. The summed E-state index contributed by atoms with van der Waals surface area (Å²) in [5.74, 6) is -0.0828. The zero-order valence-electron chi connectivity index (χ0n) is 15.7. The maximum atomic E-state index is 14.2. The van der Waals surface area contributed by atoms with E-state index < -0.39 is 5.66 Å². The van der Waals surface area contributed by atoms with Gasteiger partial charge in [0, 0.05) is 25.1 Å². The molecule has 3 aromatic carbocycles. The van der Waals surface area contributed by atoms with Gasteiger partial charge in [0.1, 0.15) is 17.3 Å². The van der Waals surface area contributed by atoms with E-state index in [1.165, 1.54) is 6.07 Å². The number of carbonyl (C=O) groups is 1. The first-order valence-corrected chi connectivity index (χ1v) is 9.81. The van der Waals surface area contributed by atoms with E-state index in [-0.39, 0.29) is 23.6 Å². The number of halogens is 1. The van der Waals surface area contributed by atoms with Crippen molar-refractivity contribution >= 4 is 28.2 Å². The Morgan fingerprint density at radius 3 is 2.86 bits per heavy atom. The van der Waals surface area contributed by atoms with E-state index in [9.17, 15) is 9.18 Å². The van der Waals surface area contributed by atoms with Crippen LogP contribution < -0.4 is 11.1 Å². The Kier molecular flexibility index (Phi) is 3.17. The lowest BCUT2D eigenvalue weighted by Crippen LogP contribution is -2.51. The van der Waals surface area contributed by atoms with Gasteiger partial charge in [0.05, 0.1) is 17.2 Å². The van der Waals surface area contributed by atoms with Crippen molar-refractivity contribution in [1.29, 1.82) is 0 Å². The lowest BCUT2D eigenvalue weighted by Gasteiger charge is -2.44. The van der Waals surface area contributed by atoms with Crippen molar-refractivity contribution in [3.05, 3.63) is 77.1 Å². The summed E-state index contributed by atoms with van der Waals surface area (Å²) in [6.07, 6.45) is 1.22.